The van der Waals surface area contributed by atoms with Crippen LogP contribution in [-0.2, 0) is 0 Å². The van der Waals surface area contributed by atoms with Crippen molar-refractivity contribution in [3.05, 3.63) is 58.3 Å². The molecule has 2 heterocycles. The molecule has 0 atom stereocenters. The van der Waals surface area contributed by atoms with Crippen molar-refractivity contribution in [2.75, 3.05) is 0 Å². The molecule has 0 radical (unpaired) electrons. The highest BCUT2D eigenvalue weighted by atomic mass is 79.9. The zero-order chi connectivity index (χ0) is 12.1. The Labute approximate surface area is 112 Å². The van der Waals surface area contributed by atoms with Crippen LogP contribution in [0.1, 0.15) is 11.4 Å². The van der Waals surface area contributed by atoms with Crippen LogP contribution in [0, 0.1) is 0 Å². The number of hydrogen-bond acceptors (Lipinski definition) is 2. The minimum atomic E-state index is 0.835. The summed E-state index contributed by atoms with van der Waals surface area (Å²) in [4.78, 5) is 12.4. The lowest BCUT2D eigenvalue weighted by Gasteiger charge is -2.15. The van der Waals surface area contributed by atoms with Gasteiger partial charge in [-0.1, -0.05) is 34.1 Å². The van der Waals surface area contributed by atoms with Crippen molar-refractivity contribution in [2.45, 2.75) is 0 Å². The van der Waals surface area contributed by atoms with Gasteiger partial charge in [-0.05, 0) is 24.3 Å². The molecule has 0 aliphatic carbocycles. The van der Waals surface area contributed by atoms with E-state index in [0.717, 1.165) is 38.3 Å². The molecule has 4 heteroatoms. The van der Waals surface area contributed by atoms with Gasteiger partial charge >= 0.3 is 0 Å². The summed E-state index contributed by atoms with van der Waals surface area (Å²) in [7, 11) is 0. The molecular weight excluding hydrogens is 290 g/mol. The molecule has 4 rings (SSSR count). The Kier molecular flexibility index (Phi) is 1.96. The first-order valence-electron chi connectivity index (χ1n) is 5.65. The van der Waals surface area contributed by atoms with Crippen molar-refractivity contribution in [1.82, 2.24) is 9.97 Å². The van der Waals surface area contributed by atoms with Crippen molar-refractivity contribution in [2.24, 2.45) is 4.99 Å². The van der Waals surface area contributed by atoms with E-state index in [9.17, 15) is 0 Å². The third kappa shape index (κ3) is 1.36. The molecule has 86 valence electrons. The van der Waals surface area contributed by atoms with E-state index in [-0.39, 0.29) is 0 Å². The standard InChI is InChI=1S/C14H8BrN3/c15-8-5-6-11-12(7-8)18-14(17-11)13-9-3-1-2-4-10(9)16-13/h1-7H,(H,17,18). The van der Waals surface area contributed by atoms with Gasteiger partial charge in [-0.3, -0.25) is 0 Å². The number of aliphatic imine (C=N–C) groups is 1. The first-order chi connectivity index (χ1) is 8.81. The second-order valence-electron chi connectivity index (χ2n) is 4.22. The van der Waals surface area contributed by atoms with Crippen molar-refractivity contribution in [3.8, 4) is 0 Å². The molecule has 0 fully saturated rings. The normalized spacial score (nSPS) is 13.1. The summed E-state index contributed by atoms with van der Waals surface area (Å²) in [6.45, 7) is 0. The number of rotatable bonds is 1. The second kappa shape index (κ2) is 3.53. The van der Waals surface area contributed by atoms with Gasteiger partial charge in [0.25, 0.3) is 0 Å². The van der Waals surface area contributed by atoms with Gasteiger partial charge in [-0.2, -0.15) is 0 Å². The van der Waals surface area contributed by atoms with Gasteiger partial charge in [-0.25, -0.2) is 9.98 Å². The number of benzene rings is 2. The fourth-order valence-electron chi connectivity index (χ4n) is 2.17. The number of halogens is 1. The van der Waals surface area contributed by atoms with Crippen LogP contribution in [0.2, 0.25) is 0 Å². The van der Waals surface area contributed by atoms with Crippen molar-refractivity contribution < 1.29 is 0 Å². The van der Waals surface area contributed by atoms with Gasteiger partial charge < -0.3 is 4.98 Å². The molecule has 0 saturated heterocycles. The molecule has 1 aromatic heterocycles. The number of hydrogen-bond donors (Lipinski definition) is 1. The minimum Gasteiger partial charge on any atom is -0.337 e. The van der Waals surface area contributed by atoms with Crippen LogP contribution in [0.15, 0.2) is 51.9 Å². The van der Waals surface area contributed by atoms with Crippen LogP contribution < -0.4 is 0 Å². The maximum absolute atomic E-state index is 4.57. The molecule has 1 aliphatic heterocycles. The highest BCUT2D eigenvalue weighted by Gasteiger charge is 2.22. The topological polar surface area (TPSA) is 41.0 Å². The Bertz CT molecular complexity index is 802. The second-order valence-corrected chi connectivity index (χ2v) is 5.14. The van der Waals surface area contributed by atoms with Crippen LogP contribution in [0.5, 0.6) is 0 Å². The Hall–Kier alpha value is -1.94. The summed E-state index contributed by atoms with van der Waals surface area (Å²) >= 11 is 3.46. The first kappa shape index (κ1) is 10.0. The number of aromatic amines is 1. The number of para-hydroxylation sites is 1. The smallest absolute Gasteiger partial charge is 0.157 e. The average molecular weight is 298 g/mol. The predicted molar refractivity (Wildman–Crippen MR) is 75.5 cm³/mol. The van der Waals surface area contributed by atoms with Crippen LogP contribution >= 0.6 is 15.9 Å². The zero-order valence-corrected chi connectivity index (χ0v) is 10.9. The van der Waals surface area contributed by atoms with Gasteiger partial charge in [0.1, 0.15) is 5.71 Å². The van der Waals surface area contributed by atoms with Gasteiger partial charge in [0.2, 0.25) is 0 Å². The molecule has 2 aromatic carbocycles. The molecule has 0 spiro atoms. The maximum atomic E-state index is 4.57. The summed E-state index contributed by atoms with van der Waals surface area (Å²) in [5, 5.41) is 0. The van der Waals surface area contributed by atoms with E-state index >= 15 is 0 Å². The summed E-state index contributed by atoms with van der Waals surface area (Å²) < 4.78 is 1.04. The van der Waals surface area contributed by atoms with E-state index in [1.54, 1.807) is 0 Å². The number of imidazole rings is 1. The number of aromatic nitrogens is 2. The maximum Gasteiger partial charge on any atom is 0.157 e. The molecule has 1 N–H and O–H groups in total. The van der Waals surface area contributed by atoms with Crippen LogP contribution in [0.3, 0.4) is 0 Å². The number of nitrogens with zero attached hydrogens (tertiary/aromatic N) is 2. The molecule has 1 aliphatic rings. The van der Waals surface area contributed by atoms with Gasteiger partial charge in [-0.15, -0.1) is 0 Å². The van der Waals surface area contributed by atoms with Gasteiger partial charge in [0.15, 0.2) is 5.82 Å². The Morgan fingerprint density at radius 1 is 1.06 bits per heavy atom. The molecule has 18 heavy (non-hydrogen) atoms. The summed E-state index contributed by atoms with van der Waals surface area (Å²) in [6.07, 6.45) is 0. The summed E-state index contributed by atoms with van der Waals surface area (Å²) in [6, 6.07) is 14.1. The predicted octanol–water partition coefficient (Wildman–Crippen LogP) is 3.81. The monoisotopic (exact) mass is 297 g/mol. The zero-order valence-electron chi connectivity index (χ0n) is 9.31. The lowest BCUT2D eigenvalue weighted by Crippen LogP contribution is -2.12. The SMILES string of the molecule is Brc1ccc2nc(C3=Nc4ccccc43)[nH]c2c1. The van der Waals surface area contributed by atoms with E-state index < -0.39 is 0 Å². The molecule has 0 amide bonds. The Morgan fingerprint density at radius 3 is 2.83 bits per heavy atom. The highest BCUT2D eigenvalue weighted by Crippen LogP contribution is 2.32. The minimum absolute atomic E-state index is 0.835. The fourth-order valence-corrected chi connectivity index (χ4v) is 2.53. The lowest BCUT2D eigenvalue weighted by molar-refractivity contribution is 1.25. The number of fused-ring (bicyclic) bond motifs is 2. The van der Waals surface area contributed by atoms with E-state index in [0.29, 0.717) is 0 Å². The van der Waals surface area contributed by atoms with E-state index in [1.165, 1.54) is 0 Å². The van der Waals surface area contributed by atoms with Crippen LogP contribution in [0.4, 0.5) is 5.69 Å². The van der Waals surface area contributed by atoms with Gasteiger partial charge in [0, 0.05) is 10.0 Å². The number of nitrogens with one attached hydrogen (secondary N) is 1. The van der Waals surface area contributed by atoms with Crippen molar-refractivity contribution >= 4 is 38.4 Å². The highest BCUT2D eigenvalue weighted by molar-refractivity contribution is 9.10. The Balaban J connectivity index is 1.86. The molecule has 3 nitrogen and oxygen atoms in total. The van der Waals surface area contributed by atoms with Crippen LogP contribution in [-0.4, -0.2) is 15.7 Å². The summed E-state index contributed by atoms with van der Waals surface area (Å²) in [5.74, 6) is 0.835. The third-order valence-corrected chi connectivity index (χ3v) is 3.55. The molecular formula is C14H8BrN3. The van der Waals surface area contributed by atoms with E-state index in [2.05, 4.69) is 37.0 Å². The quantitative estimate of drug-likeness (QED) is 0.570. The largest absolute Gasteiger partial charge is 0.337 e. The van der Waals surface area contributed by atoms with E-state index in [4.69, 9.17) is 0 Å². The summed E-state index contributed by atoms with van der Waals surface area (Å²) in [5.41, 5.74) is 5.12. The number of H-pyrrole nitrogens is 1. The van der Waals surface area contributed by atoms with Crippen LogP contribution in [0.25, 0.3) is 11.0 Å². The molecule has 0 unspecified atom stereocenters. The van der Waals surface area contributed by atoms with Gasteiger partial charge in [0.05, 0.1) is 16.7 Å². The third-order valence-electron chi connectivity index (χ3n) is 3.06. The van der Waals surface area contributed by atoms with Crippen molar-refractivity contribution in [1.29, 1.82) is 0 Å². The van der Waals surface area contributed by atoms with E-state index in [1.807, 2.05) is 36.4 Å². The average Bonchev–Trinajstić information content (AvgIpc) is 2.73. The molecule has 0 saturated carbocycles. The molecule has 3 aromatic rings. The lowest BCUT2D eigenvalue weighted by atomic mass is 10.0. The van der Waals surface area contributed by atoms with Crippen molar-refractivity contribution in [3.63, 3.8) is 0 Å². The first-order valence-corrected chi connectivity index (χ1v) is 6.44. The Morgan fingerprint density at radius 2 is 1.94 bits per heavy atom. The molecule has 0 bridgehead atoms. The fraction of sp³-hybridized carbons (Fsp3) is 0.